The van der Waals surface area contributed by atoms with Crippen LogP contribution in [-0.2, 0) is 14.8 Å². The number of nitrogens with zero attached hydrogens (tertiary/aromatic N) is 1. The largest absolute Gasteiger partial charge is 0.492 e. The first-order valence-electron chi connectivity index (χ1n) is 9.84. The molecule has 0 unspecified atom stereocenters. The zero-order chi connectivity index (χ0) is 21.3. The van der Waals surface area contributed by atoms with Crippen molar-refractivity contribution in [2.45, 2.75) is 32.6 Å². The Hall–Kier alpha value is -2.54. The van der Waals surface area contributed by atoms with Gasteiger partial charge in [0.15, 0.2) is 0 Å². The second-order valence-electron chi connectivity index (χ2n) is 6.96. The van der Waals surface area contributed by atoms with Crippen molar-refractivity contribution in [3.8, 4) is 5.75 Å². The highest BCUT2D eigenvalue weighted by molar-refractivity contribution is 7.92. The van der Waals surface area contributed by atoms with Crippen LogP contribution in [0.25, 0.3) is 0 Å². The molecule has 1 atom stereocenters. The highest BCUT2D eigenvalue weighted by atomic mass is 32.2. The summed E-state index contributed by atoms with van der Waals surface area (Å²) in [4.78, 5) is 12.2. The zero-order valence-electron chi connectivity index (χ0n) is 17.3. The van der Waals surface area contributed by atoms with Crippen molar-refractivity contribution in [3.63, 3.8) is 0 Å². The third-order valence-electron chi connectivity index (χ3n) is 4.57. The van der Waals surface area contributed by atoms with Crippen LogP contribution in [0.15, 0.2) is 54.6 Å². The summed E-state index contributed by atoms with van der Waals surface area (Å²) in [5.74, 6) is 0.645. The van der Waals surface area contributed by atoms with Crippen molar-refractivity contribution in [2.24, 2.45) is 0 Å². The summed E-state index contributed by atoms with van der Waals surface area (Å²) in [7, 11) is -3.50. The minimum Gasteiger partial charge on any atom is -0.492 e. The van der Waals surface area contributed by atoms with Crippen LogP contribution in [0.3, 0.4) is 0 Å². The predicted octanol–water partition coefficient (Wildman–Crippen LogP) is 3.55. The summed E-state index contributed by atoms with van der Waals surface area (Å²) in [6, 6.07) is 17.0. The van der Waals surface area contributed by atoms with E-state index in [9.17, 15) is 13.2 Å². The molecule has 1 amide bonds. The molecule has 0 saturated heterocycles. The first kappa shape index (κ1) is 22.7. The molecule has 7 heteroatoms. The molecule has 0 saturated carbocycles. The van der Waals surface area contributed by atoms with Gasteiger partial charge in [-0.25, -0.2) is 8.42 Å². The third-order valence-corrected chi connectivity index (χ3v) is 5.75. The van der Waals surface area contributed by atoms with E-state index < -0.39 is 10.0 Å². The summed E-state index contributed by atoms with van der Waals surface area (Å²) >= 11 is 0. The number of benzene rings is 2. The Kier molecular flexibility index (Phi) is 8.51. The Bertz CT molecular complexity index is 885. The number of carbonyl (C=O) groups excluding carboxylic acids is 1. The van der Waals surface area contributed by atoms with Gasteiger partial charge >= 0.3 is 0 Å². The summed E-state index contributed by atoms with van der Waals surface area (Å²) < 4.78 is 31.5. The van der Waals surface area contributed by atoms with Gasteiger partial charge in [0.25, 0.3) is 0 Å². The zero-order valence-corrected chi connectivity index (χ0v) is 18.1. The van der Waals surface area contributed by atoms with Crippen molar-refractivity contribution in [1.82, 2.24) is 5.32 Å². The van der Waals surface area contributed by atoms with Gasteiger partial charge in [-0.15, -0.1) is 0 Å². The molecule has 2 aromatic carbocycles. The molecule has 0 spiro atoms. The number of amides is 1. The lowest BCUT2D eigenvalue weighted by Gasteiger charge is -2.24. The van der Waals surface area contributed by atoms with E-state index in [1.807, 2.05) is 37.3 Å². The van der Waals surface area contributed by atoms with Gasteiger partial charge < -0.3 is 10.1 Å². The van der Waals surface area contributed by atoms with Crippen LogP contribution < -0.4 is 14.4 Å². The Balaban J connectivity index is 1.91. The van der Waals surface area contributed by atoms with Gasteiger partial charge in [-0.1, -0.05) is 49.4 Å². The fraction of sp³-hybridized carbons (Fsp3) is 0.409. The smallest absolute Gasteiger partial charge is 0.232 e. The van der Waals surface area contributed by atoms with Crippen LogP contribution in [0.2, 0.25) is 0 Å². The second-order valence-corrected chi connectivity index (χ2v) is 8.86. The van der Waals surface area contributed by atoms with E-state index in [1.165, 1.54) is 9.87 Å². The van der Waals surface area contributed by atoms with E-state index in [4.69, 9.17) is 4.74 Å². The quantitative estimate of drug-likeness (QED) is 0.605. The van der Waals surface area contributed by atoms with Crippen LogP contribution >= 0.6 is 0 Å². The van der Waals surface area contributed by atoms with Crippen molar-refractivity contribution >= 4 is 21.6 Å². The first-order chi connectivity index (χ1) is 13.8. The van der Waals surface area contributed by atoms with Crippen molar-refractivity contribution in [2.75, 3.05) is 30.3 Å². The van der Waals surface area contributed by atoms with E-state index in [0.29, 0.717) is 31.0 Å². The molecule has 0 aliphatic rings. The highest BCUT2D eigenvalue weighted by Crippen LogP contribution is 2.30. The van der Waals surface area contributed by atoms with Crippen molar-refractivity contribution < 1.29 is 17.9 Å². The van der Waals surface area contributed by atoms with E-state index in [2.05, 4.69) is 12.2 Å². The second kappa shape index (κ2) is 10.9. The SMILES string of the molecule is CCOc1ccccc1N(CCCC(=O)NC[C@H](C)c1ccccc1)S(C)(=O)=O. The van der Waals surface area contributed by atoms with Gasteiger partial charge in [0.1, 0.15) is 5.75 Å². The molecule has 0 bridgehead atoms. The maximum atomic E-state index is 12.3. The molecule has 0 fully saturated rings. The first-order valence-corrected chi connectivity index (χ1v) is 11.7. The van der Waals surface area contributed by atoms with Crippen LogP contribution in [0.5, 0.6) is 5.75 Å². The number of nitrogens with one attached hydrogen (secondary N) is 1. The number of anilines is 1. The normalized spacial score (nSPS) is 12.2. The lowest BCUT2D eigenvalue weighted by molar-refractivity contribution is -0.121. The minimum atomic E-state index is -3.50. The maximum Gasteiger partial charge on any atom is 0.232 e. The van der Waals surface area contributed by atoms with Crippen molar-refractivity contribution in [3.05, 3.63) is 60.2 Å². The fourth-order valence-corrected chi connectivity index (χ4v) is 4.01. The van der Waals surface area contributed by atoms with E-state index in [1.54, 1.807) is 24.3 Å². The van der Waals surface area contributed by atoms with Crippen LogP contribution in [0, 0.1) is 0 Å². The Labute approximate surface area is 173 Å². The topological polar surface area (TPSA) is 75.7 Å². The molecule has 0 aliphatic carbocycles. The number of ether oxygens (including phenoxy) is 1. The lowest BCUT2D eigenvalue weighted by Crippen LogP contribution is -2.33. The minimum absolute atomic E-state index is 0.0840. The Morgan fingerprint density at radius 1 is 1.10 bits per heavy atom. The fourth-order valence-electron chi connectivity index (χ4n) is 3.04. The molecular formula is C22H30N2O4S. The predicted molar refractivity (Wildman–Crippen MR) is 117 cm³/mol. The number of hydrogen-bond acceptors (Lipinski definition) is 4. The molecule has 2 aromatic rings. The van der Waals surface area contributed by atoms with Crippen LogP contribution in [0.4, 0.5) is 5.69 Å². The van der Waals surface area contributed by atoms with Crippen LogP contribution in [-0.4, -0.2) is 40.3 Å². The number of hydrogen-bond donors (Lipinski definition) is 1. The average molecular weight is 419 g/mol. The van der Waals surface area contributed by atoms with Gasteiger partial charge in [0.05, 0.1) is 18.6 Å². The summed E-state index contributed by atoms with van der Waals surface area (Å²) in [5.41, 5.74) is 1.67. The Morgan fingerprint density at radius 2 is 1.76 bits per heavy atom. The number of rotatable bonds is 11. The number of para-hydroxylation sites is 2. The summed E-state index contributed by atoms with van der Waals surface area (Å²) in [5, 5.41) is 2.93. The van der Waals surface area contributed by atoms with Gasteiger partial charge in [0, 0.05) is 19.5 Å². The monoisotopic (exact) mass is 418 g/mol. The van der Waals surface area contributed by atoms with Gasteiger partial charge in [-0.2, -0.15) is 0 Å². The molecule has 29 heavy (non-hydrogen) atoms. The maximum absolute atomic E-state index is 12.3. The molecule has 2 rings (SSSR count). The van der Waals surface area contributed by atoms with Gasteiger partial charge in [-0.05, 0) is 37.0 Å². The molecule has 0 aromatic heterocycles. The van der Waals surface area contributed by atoms with Crippen LogP contribution in [0.1, 0.15) is 38.2 Å². The lowest BCUT2D eigenvalue weighted by atomic mass is 10.0. The number of sulfonamides is 1. The molecular weight excluding hydrogens is 388 g/mol. The van der Waals surface area contributed by atoms with Crippen molar-refractivity contribution in [1.29, 1.82) is 0 Å². The third kappa shape index (κ3) is 7.09. The summed E-state index contributed by atoms with van der Waals surface area (Å²) in [6.45, 7) is 5.11. The molecule has 6 nitrogen and oxygen atoms in total. The molecule has 0 aliphatic heterocycles. The molecule has 158 valence electrons. The van der Waals surface area contributed by atoms with Gasteiger partial charge in [-0.3, -0.25) is 9.10 Å². The molecule has 0 radical (unpaired) electrons. The van der Waals surface area contributed by atoms with Gasteiger partial charge in [0.2, 0.25) is 15.9 Å². The highest BCUT2D eigenvalue weighted by Gasteiger charge is 2.21. The average Bonchev–Trinajstić information content (AvgIpc) is 2.70. The number of carbonyl (C=O) groups is 1. The molecule has 0 heterocycles. The van der Waals surface area contributed by atoms with E-state index in [-0.39, 0.29) is 24.8 Å². The van der Waals surface area contributed by atoms with E-state index in [0.717, 1.165) is 6.26 Å². The Morgan fingerprint density at radius 3 is 2.41 bits per heavy atom. The van der Waals surface area contributed by atoms with E-state index >= 15 is 0 Å². The standard InChI is InChI=1S/C22H30N2O4S/c1-4-28-21-14-9-8-13-20(21)24(29(3,26)27)16-10-15-22(25)23-17-18(2)19-11-6-5-7-12-19/h5-9,11-14,18H,4,10,15-17H2,1-3H3,(H,23,25)/t18-/m0/s1. The summed E-state index contributed by atoms with van der Waals surface area (Å²) in [6.07, 6.45) is 1.83. The molecule has 1 N–H and O–H groups in total.